The van der Waals surface area contributed by atoms with Crippen LogP contribution >= 0.6 is 0 Å². The summed E-state index contributed by atoms with van der Waals surface area (Å²) in [5.41, 5.74) is 13.0. The number of rotatable bonds is 6. The van der Waals surface area contributed by atoms with E-state index < -0.39 is 23.2 Å². The maximum atomic E-state index is 2.59. The molecular formula is C32H42Cl2Zr. The van der Waals surface area contributed by atoms with E-state index in [-0.39, 0.29) is 35.6 Å². The molecule has 2 aromatic carbocycles. The molecule has 0 aliphatic heterocycles. The normalized spacial score (nSPS) is 15.1. The number of benzene rings is 2. The Kier molecular flexibility index (Phi) is 10.4. The van der Waals surface area contributed by atoms with E-state index in [2.05, 4.69) is 97.9 Å². The number of hydrogen-bond acceptors (Lipinski definition) is 0. The molecular weight excluding hydrogens is 546 g/mol. The third kappa shape index (κ3) is 6.45. The third-order valence-corrected chi connectivity index (χ3v) is 11.6. The number of fused-ring (bicyclic) bond motifs is 3. The van der Waals surface area contributed by atoms with Crippen molar-refractivity contribution in [2.45, 2.75) is 102 Å². The van der Waals surface area contributed by atoms with E-state index in [1.165, 1.54) is 54.4 Å². The fraction of sp³-hybridized carbons (Fsp3) is 0.500. The van der Waals surface area contributed by atoms with Gasteiger partial charge in [-0.15, -0.1) is 0 Å². The smallest absolute Gasteiger partial charge is 1.00 e. The van der Waals surface area contributed by atoms with Crippen molar-refractivity contribution < 1.29 is 48.0 Å². The Hall–Kier alpha value is -0.617. The average Bonchev–Trinajstić information content (AvgIpc) is 3.25. The van der Waals surface area contributed by atoms with Crippen LogP contribution in [0, 0.1) is 0 Å². The van der Waals surface area contributed by atoms with Crippen LogP contribution < -0.4 is 24.8 Å². The Balaban J connectivity index is 0.00000216. The summed E-state index contributed by atoms with van der Waals surface area (Å²) in [7, 11) is 0. The molecule has 0 saturated carbocycles. The summed E-state index contributed by atoms with van der Waals surface area (Å²) in [5, 5.41) is 0. The molecule has 0 bridgehead atoms. The molecule has 0 heterocycles. The molecule has 0 nitrogen and oxygen atoms in total. The van der Waals surface area contributed by atoms with Gasteiger partial charge in [0.15, 0.2) is 0 Å². The monoisotopic (exact) mass is 586 g/mol. The molecule has 0 amide bonds. The topological polar surface area (TPSA) is 0 Å². The summed E-state index contributed by atoms with van der Waals surface area (Å²) < 4.78 is 2.51. The molecule has 188 valence electrons. The fourth-order valence-electron chi connectivity index (χ4n) is 5.37. The van der Waals surface area contributed by atoms with Crippen molar-refractivity contribution in [2.75, 3.05) is 0 Å². The molecule has 0 saturated heterocycles. The van der Waals surface area contributed by atoms with Gasteiger partial charge in [0.05, 0.1) is 0 Å². The van der Waals surface area contributed by atoms with Gasteiger partial charge in [-0.05, 0) is 0 Å². The second-order valence-corrected chi connectivity index (χ2v) is 15.8. The second kappa shape index (κ2) is 11.8. The number of hydrogen-bond donors (Lipinski definition) is 0. The van der Waals surface area contributed by atoms with E-state index in [1.54, 1.807) is 22.3 Å². The zero-order chi connectivity index (χ0) is 24.0. The largest absolute Gasteiger partial charge is 1.00 e. The van der Waals surface area contributed by atoms with E-state index in [0.29, 0.717) is 3.63 Å². The Morgan fingerprint density at radius 3 is 1.66 bits per heavy atom. The van der Waals surface area contributed by atoms with Crippen LogP contribution in [0.15, 0.2) is 56.9 Å². The predicted molar refractivity (Wildman–Crippen MR) is 141 cm³/mol. The van der Waals surface area contributed by atoms with Crippen LogP contribution in [0.2, 0.25) is 0 Å². The molecule has 2 aromatic rings. The maximum Gasteiger partial charge on any atom is -1.00 e. The van der Waals surface area contributed by atoms with Crippen molar-refractivity contribution in [2.24, 2.45) is 0 Å². The van der Waals surface area contributed by atoms with Gasteiger partial charge >= 0.3 is 215 Å². The van der Waals surface area contributed by atoms with Crippen LogP contribution in [-0.4, -0.2) is 0 Å². The van der Waals surface area contributed by atoms with Crippen molar-refractivity contribution in [1.29, 1.82) is 0 Å². The Morgan fingerprint density at radius 1 is 0.743 bits per heavy atom. The first-order valence-electron chi connectivity index (χ1n) is 13.0. The third-order valence-electron chi connectivity index (χ3n) is 7.33. The summed E-state index contributed by atoms with van der Waals surface area (Å²) in [5.74, 6) is 0. The summed E-state index contributed by atoms with van der Waals surface area (Å²) in [6.45, 7) is 18.8. The van der Waals surface area contributed by atoms with Crippen LogP contribution in [0.3, 0.4) is 0 Å². The van der Waals surface area contributed by atoms with E-state index in [1.807, 2.05) is 3.28 Å². The molecule has 4 rings (SSSR count). The molecule has 0 N–H and O–H groups in total. The van der Waals surface area contributed by atoms with E-state index in [4.69, 9.17) is 0 Å². The summed E-state index contributed by atoms with van der Waals surface area (Å²) in [6, 6.07) is 14.8. The van der Waals surface area contributed by atoms with Crippen LogP contribution in [0.1, 0.15) is 113 Å². The summed E-state index contributed by atoms with van der Waals surface area (Å²) >= 11 is -0.826. The van der Waals surface area contributed by atoms with Gasteiger partial charge in [0.25, 0.3) is 0 Å². The molecule has 0 fully saturated rings. The molecule has 0 aromatic heterocycles. The molecule has 2 aliphatic carbocycles. The zero-order valence-corrected chi connectivity index (χ0v) is 26.9. The Labute approximate surface area is 238 Å². The van der Waals surface area contributed by atoms with Crippen LogP contribution in [0.25, 0.3) is 11.1 Å². The minimum atomic E-state index is -0.826. The molecule has 0 atom stereocenters. The number of allylic oxidation sites excluding steroid dienone is 4. The van der Waals surface area contributed by atoms with Gasteiger partial charge in [-0.25, -0.2) is 0 Å². The quantitative estimate of drug-likeness (QED) is 0.484. The first-order chi connectivity index (χ1) is 15.5. The summed E-state index contributed by atoms with van der Waals surface area (Å²) in [6.07, 6.45) is 8.93. The van der Waals surface area contributed by atoms with Gasteiger partial charge in [-0.3, -0.25) is 0 Å². The van der Waals surface area contributed by atoms with Crippen LogP contribution in [0.5, 0.6) is 0 Å². The Bertz CT molecular complexity index is 1050. The minimum absolute atomic E-state index is 0. The zero-order valence-electron chi connectivity index (χ0n) is 22.9. The van der Waals surface area contributed by atoms with Crippen molar-refractivity contribution in [3.8, 4) is 11.1 Å². The van der Waals surface area contributed by atoms with Gasteiger partial charge in [0, 0.05) is 0 Å². The van der Waals surface area contributed by atoms with Crippen molar-refractivity contribution in [1.82, 2.24) is 0 Å². The van der Waals surface area contributed by atoms with Crippen molar-refractivity contribution >= 4 is 0 Å². The molecule has 35 heavy (non-hydrogen) atoms. The molecule has 0 unspecified atom stereocenters. The SMILES string of the molecule is CCCC1=CC(CCC)=[C]([Zr+2][CH]2c3cc(C(C)(C)C)ccc3-c3ccc(C(C)(C)C)cc32)C1.[Cl-].[Cl-]. The summed E-state index contributed by atoms with van der Waals surface area (Å²) in [4.78, 5) is 0. The van der Waals surface area contributed by atoms with E-state index in [9.17, 15) is 0 Å². The van der Waals surface area contributed by atoms with Crippen molar-refractivity contribution in [3.05, 3.63) is 79.2 Å². The van der Waals surface area contributed by atoms with Gasteiger partial charge in [-0.1, -0.05) is 0 Å². The van der Waals surface area contributed by atoms with Crippen LogP contribution in [0.4, 0.5) is 0 Å². The molecule has 3 heteroatoms. The first kappa shape index (κ1) is 30.6. The number of halogens is 2. The minimum Gasteiger partial charge on any atom is -1.00 e. The average molecular weight is 589 g/mol. The van der Waals surface area contributed by atoms with Gasteiger partial charge in [-0.2, -0.15) is 0 Å². The second-order valence-electron chi connectivity index (χ2n) is 12.2. The van der Waals surface area contributed by atoms with E-state index in [0.717, 1.165) is 0 Å². The van der Waals surface area contributed by atoms with Crippen molar-refractivity contribution in [3.63, 3.8) is 0 Å². The van der Waals surface area contributed by atoms with E-state index >= 15 is 0 Å². The van der Waals surface area contributed by atoms with Crippen LogP contribution in [-0.2, 0) is 34.1 Å². The van der Waals surface area contributed by atoms with Gasteiger partial charge in [0.2, 0.25) is 0 Å². The Morgan fingerprint density at radius 2 is 1.23 bits per heavy atom. The maximum absolute atomic E-state index is 2.59. The van der Waals surface area contributed by atoms with Gasteiger partial charge < -0.3 is 24.8 Å². The standard InChI is InChI=1S/C21H25.C11H17.2ClH.Zr/c1-20(2,3)16-7-9-18-14(12-16)11-15-13-17(21(4,5)6)8-10-19(15)18;1-3-5-10-7-8-11(9-10)6-4-2;;;/h7-13H,1-6H3;9H,3-7H2,1-2H3;2*1H;/q;;;;+2/p-2. The molecule has 0 radical (unpaired) electrons. The fourth-order valence-corrected chi connectivity index (χ4v) is 9.91. The molecule has 2 aliphatic rings. The first-order valence-corrected chi connectivity index (χ1v) is 15.6. The van der Waals surface area contributed by atoms with Gasteiger partial charge in [0.1, 0.15) is 0 Å². The predicted octanol–water partition coefficient (Wildman–Crippen LogP) is 3.63. The molecule has 0 spiro atoms.